The lowest BCUT2D eigenvalue weighted by atomic mass is 9.75. The van der Waals surface area contributed by atoms with Crippen LogP contribution in [0.15, 0.2) is 42.5 Å². The van der Waals surface area contributed by atoms with Gasteiger partial charge in [-0.1, -0.05) is 30.3 Å². The van der Waals surface area contributed by atoms with Crippen molar-refractivity contribution in [2.45, 2.75) is 24.5 Å². The van der Waals surface area contributed by atoms with Gasteiger partial charge in [-0.3, -0.25) is 0 Å². The second-order valence-electron chi connectivity index (χ2n) is 5.38. The summed E-state index contributed by atoms with van der Waals surface area (Å²) in [7, 11) is 1.64. The highest BCUT2D eigenvalue weighted by atomic mass is 16.5. The highest BCUT2D eigenvalue weighted by Gasteiger charge is 2.35. The van der Waals surface area contributed by atoms with E-state index < -0.39 is 6.10 Å². The molecule has 4 heteroatoms. The summed E-state index contributed by atoms with van der Waals surface area (Å²) in [4.78, 5) is 0. The first-order valence-corrected chi connectivity index (χ1v) is 6.93. The number of methoxy groups -OCH3 is 1. The van der Waals surface area contributed by atoms with Crippen molar-refractivity contribution in [3.05, 3.63) is 59.2 Å². The van der Waals surface area contributed by atoms with Crippen LogP contribution in [0.4, 0.5) is 0 Å². The average molecular weight is 286 g/mol. The van der Waals surface area contributed by atoms with Crippen molar-refractivity contribution in [1.29, 1.82) is 0 Å². The van der Waals surface area contributed by atoms with Gasteiger partial charge in [0.15, 0.2) is 11.5 Å². The summed E-state index contributed by atoms with van der Waals surface area (Å²) in [5.41, 5.74) is 2.83. The highest BCUT2D eigenvalue weighted by molar-refractivity contribution is 5.48. The van der Waals surface area contributed by atoms with Crippen LogP contribution in [-0.4, -0.2) is 28.5 Å². The number of ether oxygens (including phenoxy) is 1. The molecule has 21 heavy (non-hydrogen) atoms. The number of hydrogen-bond donors (Lipinski definition) is 3. The Bertz CT molecular complexity index is 653. The molecule has 0 amide bonds. The lowest BCUT2D eigenvalue weighted by Crippen LogP contribution is -2.29. The zero-order valence-corrected chi connectivity index (χ0v) is 11.7. The first kappa shape index (κ1) is 13.9. The first-order chi connectivity index (χ1) is 10.1. The molecular formula is C17H18O4. The van der Waals surface area contributed by atoms with E-state index in [9.17, 15) is 15.3 Å². The van der Waals surface area contributed by atoms with Gasteiger partial charge in [0.1, 0.15) is 0 Å². The van der Waals surface area contributed by atoms with Crippen molar-refractivity contribution in [3.8, 4) is 11.5 Å². The first-order valence-electron chi connectivity index (χ1n) is 6.93. The van der Waals surface area contributed by atoms with E-state index >= 15 is 0 Å². The summed E-state index contributed by atoms with van der Waals surface area (Å²) in [5, 5.41) is 29.7. The molecule has 4 nitrogen and oxygen atoms in total. The third-order valence-electron chi connectivity index (χ3n) is 4.16. The number of aromatic hydroxyl groups is 2. The molecule has 0 saturated heterocycles. The van der Waals surface area contributed by atoms with Gasteiger partial charge in [-0.15, -0.1) is 0 Å². The molecule has 0 aliphatic heterocycles. The van der Waals surface area contributed by atoms with Crippen molar-refractivity contribution in [1.82, 2.24) is 0 Å². The van der Waals surface area contributed by atoms with E-state index in [1.807, 2.05) is 24.3 Å². The van der Waals surface area contributed by atoms with Gasteiger partial charge in [0.25, 0.3) is 0 Å². The van der Waals surface area contributed by atoms with Crippen LogP contribution in [-0.2, 0) is 4.74 Å². The van der Waals surface area contributed by atoms with Gasteiger partial charge < -0.3 is 20.1 Å². The van der Waals surface area contributed by atoms with Gasteiger partial charge >= 0.3 is 0 Å². The highest BCUT2D eigenvalue weighted by Crippen LogP contribution is 2.43. The molecule has 0 heterocycles. The lowest BCUT2D eigenvalue weighted by molar-refractivity contribution is 0.0263. The largest absolute Gasteiger partial charge is 0.504 e. The van der Waals surface area contributed by atoms with Crippen LogP contribution in [0.2, 0.25) is 0 Å². The molecule has 0 saturated carbocycles. The summed E-state index contributed by atoms with van der Waals surface area (Å²) in [6.07, 6.45) is -0.230. The van der Waals surface area contributed by atoms with Gasteiger partial charge in [0.05, 0.1) is 12.2 Å². The molecule has 0 radical (unpaired) electrons. The second-order valence-corrected chi connectivity index (χ2v) is 5.38. The topological polar surface area (TPSA) is 69.9 Å². The Morgan fingerprint density at radius 3 is 2.38 bits per heavy atom. The maximum atomic E-state index is 10.5. The van der Waals surface area contributed by atoms with E-state index in [1.54, 1.807) is 13.2 Å². The van der Waals surface area contributed by atoms with Gasteiger partial charge in [0, 0.05) is 19.4 Å². The minimum Gasteiger partial charge on any atom is -0.504 e. The minimum atomic E-state index is -0.603. The molecule has 3 N–H and O–H groups in total. The van der Waals surface area contributed by atoms with Gasteiger partial charge in [-0.25, -0.2) is 0 Å². The molecular weight excluding hydrogens is 268 g/mol. The van der Waals surface area contributed by atoms with Gasteiger partial charge in [-0.2, -0.15) is 0 Å². The van der Waals surface area contributed by atoms with Gasteiger partial charge in [0.2, 0.25) is 0 Å². The Balaban J connectivity index is 2.11. The van der Waals surface area contributed by atoms with E-state index in [4.69, 9.17) is 4.74 Å². The fraction of sp³-hybridized carbons (Fsp3) is 0.294. The van der Waals surface area contributed by atoms with Crippen LogP contribution in [0.25, 0.3) is 0 Å². The quantitative estimate of drug-likeness (QED) is 0.742. The summed E-state index contributed by atoms with van der Waals surface area (Å²) in [6.45, 7) is 0. The number of rotatable bonds is 2. The number of phenolic OH excluding ortho intramolecular Hbond substituents is 2. The van der Waals surface area contributed by atoms with E-state index in [0.29, 0.717) is 6.42 Å². The Morgan fingerprint density at radius 2 is 1.71 bits per heavy atom. The third-order valence-corrected chi connectivity index (χ3v) is 4.16. The number of aliphatic hydroxyl groups excluding tert-OH is 1. The van der Waals surface area contributed by atoms with E-state index in [2.05, 4.69) is 0 Å². The normalized spacial score (nSPS) is 24.6. The van der Waals surface area contributed by atoms with Crippen LogP contribution >= 0.6 is 0 Å². The zero-order chi connectivity index (χ0) is 15.0. The summed E-state index contributed by atoms with van der Waals surface area (Å²) >= 11 is 0. The fourth-order valence-corrected chi connectivity index (χ4v) is 3.14. The van der Waals surface area contributed by atoms with E-state index in [0.717, 1.165) is 16.7 Å². The second kappa shape index (κ2) is 5.39. The molecule has 0 bridgehead atoms. The van der Waals surface area contributed by atoms with E-state index in [-0.39, 0.29) is 23.5 Å². The average Bonchev–Trinajstić information content (AvgIpc) is 2.49. The molecule has 0 fully saturated rings. The predicted molar refractivity (Wildman–Crippen MR) is 78.4 cm³/mol. The molecule has 1 aliphatic carbocycles. The predicted octanol–water partition coefficient (Wildman–Crippen LogP) is 2.68. The van der Waals surface area contributed by atoms with Crippen LogP contribution in [0.1, 0.15) is 35.1 Å². The zero-order valence-electron chi connectivity index (χ0n) is 11.7. The van der Waals surface area contributed by atoms with Crippen LogP contribution in [0.5, 0.6) is 11.5 Å². The third kappa shape index (κ3) is 2.37. The van der Waals surface area contributed by atoms with Crippen molar-refractivity contribution in [3.63, 3.8) is 0 Å². The maximum absolute atomic E-state index is 10.5. The van der Waals surface area contributed by atoms with Crippen molar-refractivity contribution in [2.24, 2.45) is 0 Å². The molecule has 1 aliphatic rings. The number of fused-ring (bicyclic) bond motifs is 1. The Kier molecular flexibility index (Phi) is 3.57. The Labute approximate surface area is 123 Å². The molecule has 2 aromatic carbocycles. The molecule has 0 spiro atoms. The fourth-order valence-electron chi connectivity index (χ4n) is 3.14. The molecule has 110 valence electrons. The van der Waals surface area contributed by atoms with Crippen molar-refractivity contribution < 1.29 is 20.1 Å². The summed E-state index contributed by atoms with van der Waals surface area (Å²) in [5.74, 6) is -0.572. The molecule has 2 aromatic rings. The van der Waals surface area contributed by atoms with Crippen molar-refractivity contribution in [2.75, 3.05) is 7.11 Å². The summed E-state index contributed by atoms with van der Waals surface area (Å²) in [6, 6.07) is 12.5. The molecule has 3 rings (SSSR count). The SMILES string of the molecule is CO[C@@H]1C[C@@H](O)[C@H](c2ccc(O)c(O)c2)c2ccccc21. The smallest absolute Gasteiger partial charge is 0.157 e. The number of phenols is 2. The number of aliphatic hydroxyl groups is 1. The number of hydrogen-bond acceptors (Lipinski definition) is 4. The maximum Gasteiger partial charge on any atom is 0.157 e. The lowest BCUT2D eigenvalue weighted by Gasteiger charge is -2.35. The standard InChI is InChI=1S/C17H18O4/c1-21-16-9-15(20)17(12-5-3-2-4-11(12)16)10-6-7-13(18)14(19)8-10/h2-8,15-20H,9H2,1H3/t15-,16-,17-/m1/s1. The minimum absolute atomic E-state index is 0.127. The van der Waals surface area contributed by atoms with Crippen LogP contribution < -0.4 is 0 Å². The monoisotopic (exact) mass is 286 g/mol. The molecule has 0 aromatic heterocycles. The van der Waals surface area contributed by atoms with Gasteiger partial charge in [-0.05, 0) is 28.8 Å². The molecule has 0 unspecified atom stereocenters. The van der Waals surface area contributed by atoms with E-state index in [1.165, 1.54) is 12.1 Å². The Hall–Kier alpha value is -2.04. The molecule has 3 atom stereocenters. The van der Waals surface area contributed by atoms with Crippen LogP contribution in [0, 0.1) is 0 Å². The Morgan fingerprint density at radius 1 is 1.00 bits per heavy atom. The summed E-state index contributed by atoms with van der Waals surface area (Å²) < 4.78 is 5.47. The van der Waals surface area contributed by atoms with Crippen molar-refractivity contribution >= 4 is 0 Å². The number of benzene rings is 2. The van der Waals surface area contributed by atoms with Crippen LogP contribution in [0.3, 0.4) is 0 Å².